The number of aldehydes is 1. The highest BCUT2D eigenvalue weighted by molar-refractivity contribution is 5.71. The molecule has 0 heterocycles. The topological polar surface area (TPSA) is 52.6 Å². The molecule has 1 atom stereocenters. The predicted molar refractivity (Wildman–Crippen MR) is 88.3 cm³/mol. The van der Waals surface area contributed by atoms with Crippen LogP contribution in [0.4, 0.5) is 0 Å². The highest BCUT2D eigenvalue weighted by Crippen LogP contribution is 2.09. The van der Waals surface area contributed by atoms with Gasteiger partial charge in [0, 0.05) is 0 Å². The monoisotopic (exact) mass is 302 g/mol. The second-order valence-electron chi connectivity index (χ2n) is 5.64. The lowest BCUT2D eigenvalue weighted by Gasteiger charge is -2.23. The fourth-order valence-electron chi connectivity index (χ4n) is 0.946. The molecular formula is C17H34O4. The predicted octanol–water partition coefficient (Wildman–Crippen LogP) is 4.18. The summed E-state index contributed by atoms with van der Waals surface area (Å²) in [6.45, 7) is 20.3. The molecule has 126 valence electrons. The Hall–Kier alpha value is -1.16. The van der Waals surface area contributed by atoms with E-state index in [0.29, 0.717) is 0 Å². The van der Waals surface area contributed by atoms with Crippen molar-refractivity contribution in [2.24, 2.45) is 5.92 Å². The SMILES string of the molecule is C=C(C)C.CC.CC(COC(=O)C(C)C)OC(C)(C)C=O. The molecule has 0 aliphatic carbocycles. The first kappa shape index (κ1) is 24.8. The normalized spacial score (nSPS) is 11.3. The van der Waals surface area contributed by atoms with E-state index in [2.05, 4.69) is 6.58 Å². The van der Waals surface area contributed by atoms with Crippen molar-refractivity contribution in [2.45, 2.75) is 74.0 Å². The second-order valence-corrected chi connectivity index (χ2v) is 5.64. The first-order valence-electron chi connectivity index (χ1n) is 7.44. The third-order valence-electron chi connectivity index (χ3n) is 1.72. The van der Waals surface area contributed by atoms with Gasteiger partial charge in [-0.15, -0.1) is 6.58 Å². The van der Waals surface area contributed by atoms with Crippen molar-refractivity contribution in [2.75, 3.05) is 6.61 Å². The van der Waals surface area contributed by atoms with Gasteiger partial charge in [-0.05, 0) is 34.6 Å². The Bertz CT molecular complexity index is 289. The number of esters is 1. The lowest BCUT2D eigenvalue weighted by Crippen LogP contribution is -2.33. The Balaban J connectivity index is -0.000000461. The van der Waals surface area contributed by atoms with E-state index in [0.717, 1.165) is 6.29 Å². The third-order valence-corrected chi connectivity index (χ3v) is 1.72. The van der Waals surface area contributed by atoms with E-state index in [1.807, 2.05) is 27.7 Å². The van der Waals surface area contributed by atoms with Gasteiger partial charge in [-0.1, -0.05) is 33.3 Å². The van der Waals surface area contributed by atoms with Crippen molar-refractivity contribution in [1.29, 1.82) is 0 Å². The lowest BCUT2D eigenvalue weighted by atomic mass is 10.1. The Kier molecular flexibility index (Phi) is 16.3. The third kappa shape index (κ3) is 21.3. The molecule has 0 aromatic rings. The van der Waals surface area contributed by atoms with E-state index >= 15 is 0 Å². The molecule has 21 heavy (non-hydrogen) atoms. The van der Waals surface area contributed by atoms with Gasteiger partial charge in [0.15, 0.2) is 6.29 Å². The average molecular weight is 302 g/mol. The number of ether oxygens (including phenoxy) is 2. The van der Waals surface area contributed by atoms with Crippen molar-refractivity contribution in [3.63, 3.8) is 0 Å². The molecule has 1 unspecified atom stereocenters. The molecule has 0 aliphatic heterocycles. The molecule has 0 amide bonds. The van der Waals surface area contributed by atoms with E-state index in [-0.39, 0.29) is 24.6 Å². The van der Waals surface area contributed by atoms with E-state index in [4.69, 9.17) is 9.47 Å². The smallest absolute Gasteiger partial charge is 0.308 e. The summed E-state index contributed by atoms with van der Waals surface area (Å²) in [6, 6.07) is 0. The first-order valence-corrected chi connectivity index (χ1v) is 7.44. The zero-order valence-corrected chi connectivity index (χ0v) is 15.3. The summed E-state index contributed by atoms with van der Waals surface area (Å²) >= 11 is 0. The van der Waals surface area contributed by atoms with E-state index in [1.54, 1.807) is 34.6 Å². The number of hydrogen-bond acceptors (Lipinski definition) is 4. The lowest BCUT2D eigenvalue weighted by molar-refractivity contribution is -0.157. The van der Waals surface area contributed by atoms with Crippen molar-refractivity contribution < 1.29 is 19.1 Å². The molecular weight excluding hydrogens is 268 g/mol. The second kappa shape index (κ2) is 13.8. The standard InChI is InChI=1S/C11H20O4.C4H8.C2H6/c1-8(2)10(13)14-6-9(3)15-11(4,5)7-12;1-4(2)3;1-2/h7-9H,6H2,1-5H3;1H2,2-3H3;1-2H3. The number of rotatable bonds is 6. The van der Waals surface area contributed by atoms with E-state index in [9.17, 15) is 9.59 Å². The molecule has 0 aromatic heterocycles. The van der Waals surface area contributed by atoms with Crippen molar-refractivity contribution in [1.82, 2.24) is 0 Å². The van der Waals surface area contributed by atoms with Crippen LogP contribution in [0.25, 0.3) is 0 Å². The quantitative estimate of drug-likeness (QED) is 0.419. The maximum absolute atomic E-state index is 11.1. The first-order chi connectivity index (χ1) is 9.51. The zero-order chi connectivity index (χ0) is 17.6. The maximum atomic E-state index is 11.1. The molecule has 0 N–H and O–H groups in total. The van der Waals surface area contributed by atoms with Crippen molar-refractivity contribution in [3.05, 3.63) is 12.2 Å². The van der Waals surface area contributed by atoms with Crippen LogP contribution in [-0.4, -0.2) is 30.6 Å². The van der Waals surface area contributed by atoms with Gasteiger partial charge in [0.05, 0.1) is 12.0 Å². The molecule has 0 radical (unpaired) electrons. The fourth-order valence-corrected chi connectivity index (χ4v) is 0.946. The summed E-state index contributed by atoms with van der Waals surface area (Å²) < 4.78 is 10.3. The molecule has 0 saturated heterocycles. The minimum absolute atomic E-state index is 0.142. The summed E-state index contributed by atoms with van der Waals surface area (Å²) in [5, 5.41) is 0. The molecule has 0 saturated carbocycles. The largest absolute Gasteiger partial charge is 0.463 e. The highest BCUT2D eigenvalue weighted by atomic mass is 16.6. The van der Waals surface area contributed by atoms with Crippen LogP contribution in [0.2, 0.25) is 0 Å². The number of hydrogen-bond donors (Lipinski definition) is 0. The van der Waals surface area contributed by atoms with Gasteiger partial charge in [0.1, 0.15) is 12.2 Å². The van der Waals surface area contributed by atoms with Crippen molar-refractivity contribution >= 4 is 12.3 Å². The summed E-state index contributed by atoms with van der Waals surface area (Å²) in [4.78, 5) is 21.7. The minimum Gasteiger partial charge on any atom is -0.463 e. The number of allylic oxidation sites excluding steroid dienone is 1. The van der Waals surface area contributed by atoms with Crippen molar-refractivity contribution in [3.8, 4) is 0 Å². The molecule has 4 nitrogen and oxygen atoms in total. The van der Waals surface area contributed by atoms with Gasteiger partial charge < -0.3 is 14.3 Å². The zero-order valence-electron chi connectivity index (χ0n) is 15.3. The van der Waals surface area contributed by atoms with Gasteiger partial charge >= 0.3 is 5.97 Å². The average Bonchev–Trinajstić information content (AvgIpc) is 2.37. The number of carbonyl (C=O) groups excluding carboxylic acids is 2. The Morgan fingerprint density at radius 2 is 1.57 bits per heavy atom. The van der Waals surface area contributed by atoms with Gasteiger partial charge in [0.25, 0.3) is 0 Å². The van der Waals surface area contributed by atoms with Crippen LogP contribution in [0.3, 0.4) is 0 Å². The summed E-state index contributed by atoms with van der Waals surface area (Å²) in [6.07, 6.45) is 0.446. The van der Waals surface area contributed by atoms with Crippen LogP contribution in [-0.2, 0) is 19.1 Å². The molecule has 0 fully saturated rings. The van der Waals surface area contributed by atoms with Crippen LogP contribution in [0.15, 0.2) is 12.2 Å². The Morgan fingerprint density at radius 3 is 1.86 bits per heavy atom. The molecule has 0 rings (SSSR count). The molecule has 0 aliphatic rings. The molecule has 0 spiro atoms. The van der Waals surface area contributed by atoms with Gasteiger partial charge in [0.2, 0.25) is 0 Å². The Morgan fingerprint density at radius 1 is 1.19 bits per heavy atom. The number of carbonyl (C=O) groups is 2. The van der Waals surface area contributed by atoms with Crippen LogP contribution in [0.5, 0.6) is 0 Å². The maximum Gasteiger partial charge on any atom is 0.308 e. The van der Waals surface area contributed by atoms with E-state index in [1.165, 1.54) is 5.57 Å². The van der Waals surface area contributed by atoms with Crippen LogP contribution in [0, 0.1) is 5.92 Å². The van der Waals surface area contributed by atoms with Crippen LogP contribution in [0.1, 0.15) is 62.3 Å². The van der Waals surface area contributed by atoms with Crippen LogP contribution < -0.4 is 0 Å². The summed E-state index contributed by atoms with van der Waals surface area (Å²) in [5.41, 5.74) is 0.337. The minimum atomic E-state index is -0.830. The van der Waals surface area contributed by atoms with Crippen LogP contribution >= 0.6 is 0 Å². The van der Waals surface area contributed by atoms with Gasteiger partial charge in [-0.2, -0.15) is 0 Å². The fraction of sp³-hybridized carbons (Fsp3) is 0.765. The highest BCUT2D eigenvalue weighted by Gasteiger charge is 2.21. The summed E-state index contributed by atoms with van der Waals surface area (Å²) in [7, 11) is 0. The van der Waals surface area contributed by atoms with Gasteiger partial charge in [-0.25, -0.2) is 0 Å². The molecule has 0 aromatic carbocycles. The van der Waals surface area contributed by atoms with Gasteiger partial charge in [-0.3, -0.25) is 4.79 Å². The molecule has 0 bridgehead atoms. The Labute approximate surface area is 130 Å². The van der Waals surface area contributed by atoms with E-state index < -0.39 is 5.60 Å². The summed E-state index contributed by atoms with van der Waals surface area (Å²) in [5.74, 6) is -0.398. The molecule has 4 heteroatoms.